The van der Waals surface area contributed by atoms with Crippen molar-refractivity contribution >= 4 is 39.1 Å². The van der Waals surface area contributed by atoms with Gasteiger partial charge in [-0.3, -0.25) is 19.0 Å². The van der Waals surface area contributed by atoms with Gasteiger partial charge in [0.2, 0.25) is 5.91 Å². The Kier molecular flexibility index (Phi) is 6.91. The molecule has 3 aromatic rings. The zero-order valence-corrected chi connectivity index (χ0v) is 18.6. The number of rotatable bonds is 8. The van der Waals surface area contributed by atoms with Crippen LogP contribution in [0.2, 0.25) is 0 Å². The van der Waals surface area contributed by atoms with Crippen molar-refractivity contribution in [1.82, 2.24) is 14.9 Å². The second kappa shape index (κ2) is 9.61. The highest BCUT2D eigenvalue weighted by Gasteiger charge is 2.21. The summed E-state index contributed by atoms with van der Waals surface area (Å²) >= 11 is 1.13. The second-order valence-electron chi connectivity index (χ2n) is 6.78. The molecule has 0 aliphatic rings. The molecule has 0 saturated carbocycles. The number of thiophene rings is 1. The summed E-state index contributed by atoms with van der Waals surface area (Å²) < 4.78 is 11.7. The van der Waals surface area contributed by atoms with Crippen LogP contribution < -0.4 is 25.7 Å². The minimum absolute atomic E-state index is 0.123. The van der Waals surface area contributed by atoms with Crippen molar-refractivity contribution in [2.75, 3.05) is 26.1 Å². The van der Waals surface area contributed by atoms with Gasteiger partial charge in [-0.05, 0) is 31.0 Å². The normalized spacial score (nSPS) is 10.7. The highest BCUT2D eigenvalue weighted by atomic mass is 32.1. The Balaban J connectivity index is 1.90. The van der Waals surface area contributed by atoms with Gasteiger partial charge >= 0.3 is 0 Å². The molecule has 0 atom stereocenters. The molecule has 31 heavy (non-hydrogen) atoms. The van der Waals surface area contributed by atoms with Crippen molar-refractivity contribution in [3.05, 3.63) is 45.3 Å². The molecule has 0 fully saturated rings. The van der Waals surface area contributed by atoms with Crippen molar-refractivity contribution in [2.45, 2.75) is 26.8 Å². The average molecular weight is 445 g/mol. The predicted molar refractivity (Wildman–Crippen MR) is 119 cm³/mol. The Hall–Kier alpha value is -3.40. The highest BCUT2D eigenvalue weighted by Crippen LogP contribution is 2.32. The molecule has 3 rings (SSSR count). The van der Waals surface area contributed by atoms with Crippen LogP contribution in [0.15, 0.2) is 29.3 Å². The molecule has 0 aliphatic carbocycles. The number of benzene rings is 1. The van der Waals surface area contributed by atoms with E-state index in [2.05, 4.69) is 15.6 Å². The quantitative estimate of drug-likeness (QED) is 0.552. The highest BCUT2D eigenvalue weighted by molar-refractivity contribution is 7.20. The molecule has 9 nitrogen and oxygen atoms in total. The molecule has 164 valence electrons. The average Bonchev–Trinajstić information content (AvgIpc) is 3.11. The summed E-state index contributed by atoms with van der Waals surface area (Å²) in [5.41, 5.74) is 0.639. The lowest BCUT2D eigenvalue weighted by atomic mass is 10.2. The van der Waals surface area contributed by atoms with Crippen molar-refractivity contribution in [3.8, 4) is 11.5 Å². The summed E-state index contributed by atoms with van der Waals surface area (Å²) in [6.07, 6.45) is 2.14. The number of aromatic nitrogens is 2. The minimum Gasteiger partial charge on any atom is -0.497 e. The van der Waals surface area contributed by atoms with E-state index < -0.39 is 0 Å². The van der Waals surface area contributed by atoms with E-state index in [1.807, 2.05) is 6.92 Å². The van der Waals surface area contributed by atoms with E-state index in [-0.39, 0.29) is 23.9 Å². The number of hydrogen-bond donors (Lipinski definition) is 2. The van der Waals surface area contributed by atoms with E-state index in [0.29, 0.717) is 44.4 Å². The van der Waals surface area contributed by atoms with Gasteiger partial charge in [-0.1, -0.05) is 6.92 Å². The van der Waals surface area contributed by atoms with Crippen LogP contribution in [0.4, 0.5) is 5.69 Å². The van der Waals surface area contributed by atoms with E-state index in [1.54, 1.807) is 32.2 Å². The van der Waals surface area contributed by atoms with Crippen LogP contribution in [-0.4, -0.2) is 42.1 Å². The van der Waals surface area contributed by atoms with E-state index >= 15 is 0 Å². The van der Waals surface area contributed by atoms with Gasteiger partial charge < -0.3 is 20.1 Å². The summed E-state index contributed by atoms with van der Waals surface area (Å²) in [4.78, 5) is 42.9. The fraction of sp³-hybridized carbons (Fsp3) is 0.333. The van der Waals surface area contributed by atoms with Gasteiger partial charge in [-0.15, -0.1) is 11.3 Å². The van der Waals surface area contributed by atoms with Crippen LogP contribution >= 0.6 is 11.3 Å². The molecule has 0 aliphatic heterocycles. The largest absolute Gasteiger partial charge is 0.497 e. The fourth-order valence-electron chi connectivity index (χ4n) is 3.04. The number of fused-ring (bicyclic) bond motifs is 1. The molecule has 2 amide bonds. The van der Waals surface area contributed by atoms with Crippen molar-refractivity contribution in [3.63, 3.8) is 0 Å². The third-order valence-electron chi connectivity index (χ3n) is 4.67. The number of carbonyl (C=O) groups is 2. The van der Waals surface area contributed by atoms with Gasteiger partial charge in [-0.25, -0.2) is 4.98 Å². The van der Waals surface area contributed by atoms with E-state index in [9.17, 15) is 14.4 Å². The zero-order chi connectivity index (χ0) is 22.5. The molecular formula is C21H24N4O5S. The lowest BCUT2D eigenvalue weighted by molar-refractivity contribution is -0.121. The molecule has 2 heterocycles. The van der Waals surface area contributed by atoms with Crippen molar-refractivity contribution < 1.29 is 19.1 Å². The number of nitrogens with zero attached hydrogens (tertiary/aromatic N) is 2. The maximum atomic E-state index is 12.9. The van der Waals surface area contributed by atoms with E-state index in [4.69, 9.17) is 9.47 Å². The maximum Gasteiger partial charge on any atom is 0.266 e. The maximum absolute atomic E-state index is 12.9. The summed E-state index contributed by atoms with van der Waals surface area (Å²) in [5, 5.41) is 5.88. The summed E-state index contributed by atoms with van der Waals surface area (Å²) in [5.74, 6) is 0.406. The van der Waals surface area contributed by atoms with Gasteiger partial charge in [0.1, 0.15) is 22.9 Å². The first-order valence-electron chi connectivity index (χ1n) is 9.68. The summed E-state index contributed by atoms with van der Waals surface area (Å²) in [7, 11) is 3.04. The molecule has 10 heteroatoms. The van der Waals surface area contributed by atoms with Crippen LogP contribution in [-0.2, 0) is 11.3 Å². The monoisotopic (exact) mass is 444 g/mol. The lowest BCUT2D eigenvalue weighted by Gasteiger charge is -2.11. The first kappa shape index (κ1) is 22.3. The Morgan fingerprint density at radius 3 is 2.68 bits per heavy atom. The number of methoxy groups -OCH3 is 2. The molecule has 2 N–H and O–H groups in total. The Labute approximate surface area is 183 Å². The predicted octanol–water partition coefficient (Wildman–Crippen LogP) is 2.56. The standard InChI is InChI=1S/C21H24N4O5S/c1-5-8-22-16(26)10-25-11-23-20-17(21(25)28)12(2)18(31-20)19(27)24-14-7-6-13(29-3)9-15(14)30-4/h6-7,9,11H,5,8,10H2,1-4H3,(H,22,26)(H,24,27). The van der Waals surface area contributed by atoms with Crippen LogP contribution in [0.3, 0.4) is 0 Å². The van der Waals surface area contributed by atoms with Gasteiger partial charge in [0.25, 0.3) is 11.5 Å². The Morgan fingerprint density at radius 1 is 1.23 bits per heavy atom. The summed E-state index contributed by atoms with van der Waals surface area (Å²) in [6, 6.07) is 5.05. The second-order valence-corrected chi connectivity index (χ2v) is 7.78. The third kappa shape index (κ3) is 4.69. The van der Waals surface area contributed by atoms with Crippen molar-refractivity contribution in [2.24, 2.45) is 0 Å². The number of hydrogen-bond acceptors (Lipinski definition) is 7. The van der Waals surface area contributed by atoms with Gasteiger partial charge in [0.15, 0.2) is 0 Å². The first-order valence-corrected chi connectivity index (χ1v) is 10.5. The van der Waals surface area contributed by atoms with Crippen LogP contribution in [0.5, 0.6) is 11.5 Å². The number of aryl methyl sites for hydroxylation is 1. The first-order chi connectivity index (χ1) is 14.9. The van der Waals surface area contributed by atoms with E-state index in [0.717, 1.165) is 17.8 Å². The number of ether oxygens (including phenoxy) is 2. The number of nitrogens with one attached hydrogen (secondary N) is 2. The van der Waals surface area contributed by atoms with E-state index in [1.165, 1.54) is 18.0 Å². The minimum atomic E-state index is -0.379. The number of anilines is 1. The van der Waals surface area contributed by atoms with Gasteiger partial charge in [0.05, 0.1) is 36.5 Å². The lowest BCUT2D eigenvalue weighted by Crippen LogP contribution is -2.32. The number of carbonyl (C=O) groups excluding carboxylic acids is 2. The topological polar surface area (TPSA) is 112 Å². The fourth-order valence-corrected chi connectivity index (χ4v) is 4.08. The zero-order valence-electron chi connectivity index (χ0n) is 17.8. The molecule has 0 spiro atoms. The van der Waals surface area contributed by atoms with Crippen LogP contribution in [0.25, 0.3) is 10.2 Å². The van der Waals surface area contributed by atoms with Crippen molar-refractivity contribution in [1.29, 1.82) is 0 Å². The Morgan fingerprint density at radius 2 is 2.00 bits per heavy atom. The van der Waals surface area contributed by atoms with Crippen LogP contribution in [0.1, 0.15) is 28.6 Å². The van der Waals surface area contributed by atoms with Gasteiger partial charge in [0, 0.05) is 12.6 Å². The molecule has 0 bridgehead atoms. The molecule has 1 aromatic carbocycles. The van der Waals surface area contributed by atoms with Gasteiger partial charge in [-0.2, -0.15) is 0 Å². The SMILES string of the molecule is CCCNC(=O)Cn1cnc2sc(C(=O)Nc3ccc(OC)cc3OC)c(C)c2c1=O. The smallest absolute Gasteiger partial charge is 0.266 e. The molecular weight excluding hydrogens is 420 g/mol. The molecule has 2 aromatic heterocycles. The molecule has 0 radical (unpaired) electrons. The van der Waals surface area contributed by atoms with Crippen LogP contribution in [0, 0.1) is 6.92 Å². The Bertz CT molecular complexity index is 1180. The summed E-state index contributed by atoms with van der Waals surface area (Å²) in [6.45, 7) is 4.06. The third-order valence-corrected chi connectivity index (χ3v) is 5.87. The molecule has 0 unspecified atom stereocenters. The number of amides is 2. The molecule has 0 saturated heterocycles.